The summed E-state index contributed by atoms with van der Waals surface area (Å²) < 4.78 is 0. The lowest BCUT2D eigenvalue weighted by molar-refractivity contribution is 0.0940. The Labute approximate surface area is 173 Å². The SMILES string of the molecule is C[C@H](NC(=O)c1cc2c(nc1N)CCN(C)C2)c1ccc(N2CCCCC2)cc1. The molecule has 0 bridgehead atoms. The fourth-order valence-corrected chi connectivity index (χ4v) is 4.29. The summed E-state index contributed by atoms with van der Waals surface area (Å²) in [6, 6.07) is 10.4. The Bertz CT molecular complexity index is 874. The number of nitrogens with two attached hydrogens (primary N) is 1. The van der Waals surface area contributed by atoms with Crippen LogP contribution in [0.15, 0.2) is 30.3 Å². The van der Waals surface area contributed by atoms with Crippen LogP contribution < -0.4 is 16.0 Å². The van der Waals surface area contributed by atoms with Gasteiger partial charge in [0.05, 0.1) is 11.6 Å². The second-order valence-electron chi connectivity index (χ2n) is 8.35. The van der Waals surface area contributed by atoms with E-state index in [0.717, 1.165) is 49.4 Å². The number of anilines is 2. The first-order valence-electron chi connectivity index (χ1n) is 10.6. The molecule has 1 aromatic carbocycles. The quantitative estimate of drug-likeness (QED) is 0.835. The number of hydrogen-bond acceptors (Lipinski definition) is 5. The van der Waals surface area contributed by atoms with E-state index in [4.69, 9.17) is 5.73 Å². The number of amides is 1. The zero-order valence-corrected chi connectivity index (χ0v) is 17.4. The maximum absolute atomic E-state index is 12.9. The van der Waals surface area contributed by atoms with Crippen LogP contribution >= 0.6 is 0 Å². The number of nitrogens with one attached hydrogen (secondary N) is 1. The van der Waals surface area contributed by atoms with E-state index in [0.29, 0.717) is 11.4 Å². The summed E-state index contributed by atoms with van der Waals surface area (Å²) >= 11 is 0. The van der Waals surface area contributed by atoms with Gasteiger partial charge in [0.15, 0.2) is 0 Å². The lowest BCUT2D eigenvalue weighted by Crippen LogP contribution is -2.31. The molecule has 1 atom stereocenters. The van der Waals surface area contributed by atoms with Crippen molar-refractivity contribution < 1.29 is 4.79 Å². The number of carbonyl (C=O) groups excluding carboxylic acids is 1. The number of benzene rings is 1. The molecule has 1 saturated heterocycles. The third-order valence-electron chi connectivity index (χ3n) is 6.10. The highest BCUT2D eigenvalue weighted by Gasteiger charge is 2.21. The first-order valence-corrected chi connectivity index (χ1v) is 10.6. The Kier molecular flexibility index (Phi) is 5.72. The topological polar surface area (TPSA) is 74.5 Å². The summed E-state index contributed by atoms with van der Waals surface area (Å²) in [7, 11) is 2.08. The van der Waals surface area contributed by atoms with Gasteiger partial charge in [-0.15, -0.1) is 0 Å². The van der Waals surface area contributed by atoms with Crippen LogP contribution in [0.1, 0.15) is 59.4 Å². The minimum Gasteiger partial charge on any atom is -0.383 e. The van der Waals surface area contributed by atoms with Crippen LogP contribution in [-0.4, -0.2) is 42.5 Å². The molecule has 1 aromatic heterocycles. The van der Waals surface area contributed by atoms with Gasteiger partial charge >= 0.3 is 0 Å². The van der Waals surface area contributed by atoms with Gasteiger partial charge < -0.3 is 20.9 Å². The molecule has 0 aliphatic carbocycles. The second-order valence-corrected chi connectivity index (χ2v) is 8.35. The van der Waals surface area contributed by atoms with Crippen LogP contribution in [0, 0.1) is 0 Å². The molecule has 3 N–H and O–H groups in total. The molecular formula is C23H31N5O. The number of pyridine rings is 1. The molecule has 154 valence electrons. The van der Waals surface area contributed by atoms with E-state index in [1.807, 2.05) is 13.0 Å². The fourth-order valence-electron chi connectivity index (χ4n) is 4.29. The van der Waals surface area contributed by atoms with Crippen molar-refractivity contribution >= 4 is 17.4 Å². The van der Waals surface area contributed by atoms with E-state index >= 15 is 0 Å². The molecular weight excluding hydrogens is 362 g/mol. The molecule has 0 spiro atoms. The Morgan fingerprint density at radius 1 is 1.14 bits per heavy atom. The predicted molar refractivity (Wildman–Crippen MR) is 117 cm³/mol. The van der Waals surface area contributed by atoms with E-state index in [9.17, 15) is 4.79 Å². The van der Waals surface area contributed by atoms with Crippen molar-refractivity contribution in [3.05, 3.63) is 52.7 Å². The first-order chi connectivity index (χ1) is 14.0. The van der Waals surface area contributed by atoms with Gasteiger partial charge in [-0.25, -0.2) is 4.98 Å². The number of piperidine rings is 1. The van der Waals surface area contributed by atoms with E-state index in [-0.39, 0.29) is 11.9 Å². The van der Waals surface area contributed by atoms with Crippen molar-refractivity contribution in [2.75, 3.05) is 37.3 Å². The van der Waals surface area contributed by atoms with Gasteiger partial charge in [-0.2, -0.15) is 0 Å². The lowest BCUT2D eigenvalue weighted by Gasteiger charge is -2.29. The molecule has 4 rings (SSSR count). The second kappa shape index (κ2) is 8.41. The van der Waals surface area contributed by atoms with Crippen molar-refractivity contribution in [3.8, 4) is 0 Å². The van der Waals surface area contributed by atoms with Gasteiger partial charge in [-0.3, -0.25) is 4.79 Å². The monoisotopic (exact) mass is 393 g/mol. The maximum atomic E-state index is 12.9. The standard InChI is InChI=1S/C23H31N5O/c1-16(17-6-8-19(9-7-17)28-11-4-3-5-12-28)25-23(29)20-14-18-15-27(2)13-10-21(18)26-22(20)24/h6-9,14,16H,3-5,10-13,15H2,1-2H3,(H2,24,26)(H,25,29)/t16-/m0/s1. The highest BCUT2D eigenvalue weighted by atomic mass is 16.1. The molecule has 6 heteroatoms. The molecule has 0 radical (unpaired) electrons. The van der Waals surface area contributed by atoms with Crippen LogP contribution in [0.25, 0.3) is 0 Å². The Hall–Kier alpha value is -2.60. The van der Waals surface area contributed by atoms with Crippen LogP contribution in [0.5, 0.6) is 0 Å². The molecule has 1 fully saturated rings. The van der Waals surface area contributed by atoms with Gasteiger partial charge in [0.25, 0.3) is 5.91 Å². The summed E-state index contributed by atoms with van der Waals surface area (Å²) in [6.07, 6.45) is 4.73. The summed E-state index contributed by atoms with van der Waals surface area (Å²) in [6.45, 7) is 6.03. The van der Waals surface area contributed by atoms with Crippen LogP contribution in [0.4, 0.5) is 11.5 Å². The summed E-state index contributed by atoms with van der Waals surface area (Å²) in [5.74, 6) is 0.150. The van der Waals surface area contributed by atoms with Gasteiger partial charge in [-0.05, 0) is 62.6 Å². The summed E-state index contributed by atoms with van der Waals surface area (Å²) in [4.78, 5) is 22.0. The van der Waals surface area contributed by atoms with Gasteiger partial charge in [0.1, 0.15) is 5.82 Å². The number of aromatic nitrogens is 1. The number of carbonyl (C=O) groups is 1. The van der Waals surface area contributed by atoms with Gasteiger partial charge in [0.2, 0.25) is 0 Å². The van der Waals surface area contributed by atoms with Crippen molar-refractivity contribution in [2.45, 2.75) is 45.2 Å². The lowest BCUT2D eigenvalue weighted by atomic mass is 10.0. The van der Waals surface area contributed by atoms with Crippen molar-refractivity contribution in [2.24, 2.45) is 0 Å². The average molecular weight is 394 g/mol. The molecule has 3 heterocycles. The normalized spacial score (nSPS) is 18.2. The van der Waals surface area contributed by atoms with Crippen molar-refractivity contribution in [3.63, 3.8) is 0 Å². The first kappa shape index (κ1) is 19.7. The minimum absolute atomic E-state index is 0.101. The third-order valence-corrected chi connectivity index (χ3v) is 6.10. The van der Waals surface area contributed by atoms with E-state index in [2.05, 4.69) is 51.4 Å². The number of nitrogen functional groups attached to an aromatic ring is 1. The number of likely N-dealkylation sites (N-methyl/N-ethyl adjacent to an activating group) is 1. The van der Waals surface area contributed by atoms with Crippen LogP contribution in [-0.2, 0) is 13.0 Å². The molecule has 2 aliphatic heterocycles. The molecule has 1 amide bonds. The smallest absolute Gasteiger partial charge is 0.255 e. The molecule has 6 nitrogen and oxygen atoms in total. The summed E-state index contributed by atoms with van der Waals surface area (Å²) in [5.41, 5.74) is 11.0. The number of nitrogens with zero attached hydrogens (tertiary/aromatic N) is 3. The zero-order chi connectivity index (χ0) is 20.4. The fraction of sp³-hybridized carbons (Fsp3) is 0.478. The van der Waals surface area contributed by atoms with Gasteiger partial charge in [0, 0.05) is 44.0 Å². The molecule has 2 aromatic rings. The zero-order valence-electron chi connectivity index (χ0n) is 17.4. The number of hydrogen-bond donors (Lipinski definition) is 2. The van der Waals surface area contributed by atoms with E-state index in [1.54, 1.807) is 0 Å². The molecule has 0 unspecified atom stereocenters. The highest BCUT2D eigenvalue weighted by Crippen LogP contribution is 2.24. The van der Waals surface area contributed by atoms with Crippen molar-refractivity contribution in [1.29, 1.82) is 0 Å². The third kappa shape index (κ3) is 4.37. The Morgan fingerprint density at radius 2 is 1.86 bits per heavy atom. The predicted octanol–water partition coefficient (Wildman–Crippen LogP) is 3.13. The van der Waals surface area contributed by atoms with E-state index in [1.165, 1.54) is 24.9 Å². The number of fused-ring (bicyclic) bond motifs is 1. The van der Waals surface area contributed by atoms with Crippen LogP contribution in [0.3, 0.4) is 0 Å². The number of rotatable bonds is 4. The largest absolute Gasteiger partial charge is 0.383 e. The minimum atomic E-state index is -0.168. The summed E-state index contributed by atoms with van der Waals surface area (Å²) in [5, 5.41) is 3.08. The Morgan fingerprint density at radius 3 is 2.59 bits per heavy atom. The molecule has 2 aliphatic rings. The van der Waals surface area contributed by atoms with Gasteiger partial charge in [-0.1, -0.05) is 12.1 Å². The molecule has 29 heavy (non-hydrogen) atoms. The Balaban J connectivity index is 1.45. The van der Waals surface area contributed by atoms with E-state index < -0.39 is 0 Å². The average Bonchev–Trinajstić information content (AvgIpc) is 2.74. The van der Waals surface area contributed by atoms with Crippen molar-refractivity contribution in [1.82, 2.24) is 15.2 Å². The highest BCUT2D eigenvalue weighted by molar-refractivity contribution is 5.98. The maximum Gasteiger partial charge on any atom is 0.255 e. The molecule has 0 saturated carbocycles. The van der Waals surface area contributed by atoms with Crippen LogP contribution in [0.2, 0.25) is 0 Å².